The molecule has 27 heavy (non-hydrogen) atoms. The molecule has 2 aromatic rings. The molecule has 0 saturated heterocycles. The van der Waals surface area contributed by atoms with Gasteiger partial charge < -0.3 is 15.7 Å². The topological polar surface area (TPSA) is 95.5 Å². The second-order valence-electron chi connectivity index (χ2n) is 6.50. The highest BCUT2D eigenvalue weighted by atomic mass is 16.4. The quantitative estimate of drug-likeness (QED) is 0.700. The predicted molar refractivity (Wildman–Crippen MR) is 102 cm³/mol. The van der Waals surface area contributed by atoms with Crippen LogP contribution in [0.15, 0.2) is 48.5 Å². The third kappa shape index (κ3) is 5.41. The summed E-state index contributed by atoms with van der Waals surface area (Å²) in [6.45, 7) is 5.10. The van der Waals surface area contributed by atoms with E-state index in [1.807, 2.05) is 50.2 Å². The van der Waals surface area contributed by atoms with E-state index in [0.717, 1.165) is 16.7 Å². The largest absolute Gasteiger partial charge is 0.479 e. The molecule has 0 aromatic heterocycles. The van der Waals surface area contributed by atoms with E-state index in [2.05, 4.69) is 10.6 Å². The maximum absolute atomic E-state index is 12.6. The normalized spacial score (nSPS) is 12.7. The molecule has 0 bridgehead atoms. The van der Waals surface area contributed by atoms with E-state index in [0.29, 0.717) is 5.56 Å². The molecule has 2 aromatic carbocycles. The van der Waals surface area contributed by atoms with Crippen LogP contribution in [0.25, 0.3) is 0 Å². The fourth-order valence-electron chi connectivity index (χ4n) is 2.95. The molecule has 2 atom stereocenters. The number of hydrogen-bond donors (Lipinski definition) is 3. The SMILES string of the molecule is CC(=O)NC(CC(=O)NC(C(=O)O)c1cccc(C)c1C)c1ccccc1. The molecular formula is C21H24N2O4. The average Bonchev–Trinajstić information content (AvgIpc) is 2.62. The standard InChI is InChI=1S/C21H24N2O4/c1-13-8-7-11-17(14(13)2)20(21(26)27)23-19(25)12-18(22-15(3)24)16-9-5-4-6-10-16/h4-11,18,20H,12H2,1-3H3,(H,22,24)(H,23,25)(H,26,27). The third-order valence-electron chi connectivity index (χ3n) is 4.48. The number of amides is 2. The number of aryl methyl sites for hydroxylation is 1. The zero-order valence-corrected chi connectivity index (χ0v) is 15.7. The minimum atomic E-state index is -1.15. The van der Waals surface area contributed by atoms with Crippen molar-refractivity contribution in [3.05, 3.63) is 70.8 Å². The van der Waals surface area contributed by atoms with E-state index in [1.165, 1.54) is 6.92 Å². The van der Waals surface area contributed by atoms with Crippen molar-refractivity contribution in [3.8, 4) is 0 Å². The highest BCUT2D eigenvalue weighted by Gasteiger charge is 2.26. The van der Waals surface area contributed by atoms with E-state index < -0.39 is 24.0 Å². The second kappa shape index (κ2) is 8.98. The van der Waals surface area contributed by atoms with Gasteiger partial charge in [-0.1, -0.05) is 48.5 Å². The summed E-state index contributed by atoms with van der Waals surface area (Å²) >= 11 is 0. The summed E-state index contributed by atoms with van der Waals surface area (Å²) in [4.78, 5) is 35.8. The monoisotopic (exact) mass is 368 g/mol. The van der Waals surface area contributed by atoms with Gasteiger partial charge in [-0.2, -0.15) is 0 Å². The van der Waals surface area contributed by atoms with E-state index in [9.17, 15) is 19.5 Å². The molecule has 0 heterocycles. The molecular weight excluding hydrogens is 344 g/mol. The highest BCUT2D eigenvalue weighted by molar-refractivity contribution is 5.85. The molecule has 3 N–H and O–H groups in total. The highest BCUT2D eigenvalue weighted by Crippen LogP contribution is 2.22. The second-order valence-corrected chi connectivity index (χ2v) is 6.50. The summed E-state index contributed by atoms with van der Waals surface area (Å²) in [5.41, 5.74) is 3.10. The van der Waals surface area contributed by atoms with Gasteiger partial charge in [0.05, 0.1) is 12.5 Å². The molecule has 0 aliphatic carbocycles. The lowest BCUT2D eigenvalue weighted by molar-refractivity contribution is -0.142. The van der Waals surface area contributed by atoms with Crippen molar-refractivity contribution in [2.75, 3.05) is 0 Å². The Morgan fingerprint density at radius 3 is 2.22 bits per heavy atom. The number of hydrogen-bond acceptors (Lipinski definition) is 3. The number of carbonyl (C=O) groups is 3. The summed E-state index contributed by atoms with van der Waals surface area (Å²) < 4.78 is 0. The zero-order valence-electron chi connectivity index (χ0n) is 15.7. The number of benzene rings is 2. The number of carbonyl (C=O) groups excluding carboxylic acids is 2. The summed E-state index contributed by atoms with van der Waals surface area (Å²) in [7, 11) is 0. The first-order chi connectivity index (χ1) is 12.8. The number of carboxylic acids is 1. The molecule has 0 radical (unpaired) electrons. The van der Waals surface area contributed by atoms with Crippen LogP contribution in [0.2, 0.25) is 0 Å². The molecule has 6 nitrogen and oxygen atoms in total. The Morgan fingerprint density at radius 1 is 0.963 bits per heavy atom. The third-order valence-corrected chi connectivity index (χ3v) is 4.48. The van der Waals surface area contributed by atoms with Gasteiger partial charge in [0.15, 0.2) is 6.04 Å². The first-order valence-corrected chi connectivity index (χ1v) is 8.70. The fourth-order valence-corrected chi connectivity index (χ4v) is 2.95. The summed E-state index contributed by atoms with van der Waals surface area (Å²) in [5, 5.41) is 14.9. The van der Waals surface area contributed by atoms with Crippen LogP contribution in [0.5, 0.6) is 0 Å². The predicted octanol–water partition coefficient (Wildman–Crippen LogP) is 2.81. The Kier molecular flexibility index (Phi) is 6.71. The van der Waals surface area contributed by atoms with Gasteiger partial charge in [-0.05, 0) is 36.1 Å². The Bertz CT molecular complexity index is 833. The maximum atomic E-state index is 12.6. The van der Waals surface area contributed by atoms with Crippen LogP contribution in [0.3, 0.4) is 0 Å². The fraction of sp³-hybridized carbons (Fsp3) is 0.286. The molecule has 0 aliphatic rings. The van der Waals surface area contributed by atoms with Crippen LogP contribution < -0.4 is 10.6 Å². The average molecular weight is 368 g/mol. The van der Waals surface area contributed by atoms with Gasteiger partial charge in [0.1, 0.15) is 0 Å². The van der Waals surface area contributed by atoms with E-state index in [4.69, 9.17) is 0 Å². The van der Waals surface area contributed by atoms with Crippen molar-refractivity contribution >= 4 is 17.8 Å². The minimum absolute atomic E-state index is 0.0573. The smallest absolute Gasteiger partial charge is 0.330 e. The first-order valence-electron chi connectivity index (χ1n) is 8.70. The molecule has 0 aliphatic heterocycles. The van der Waals surface area contributed by atoms with Gasteiger partial charge in [0.25, 0.3) is 0 Å². The van der Waals surface area contributed by atoms with Gasteiger partial charge >= 0.3 is 5.97 Å². The van der Waals surface area contributed by atoms with Crippen molar-refractivity contribution in [3.63, 3.8) is 0 Å². The summed E-state index contributed by atoms with van der Waals surface area (Å²) in [6, 6.07) is 12.8. The molecule has 2 rings (SSSR count). The van der Waals surface area contributed by atoms with Crippen LogP contribution in [0.1, 0.15) is 47.7 Å². The summed E-state index contributed by atoms with van der Waals surface area (Å²) in [5.74, 6) is -1.85. The lowest BCUT2D eigenvalue weighted by Gasteiger charge is -2.21. The van der Waals surface area contributed by atoms with Crippen molar-refractivity contribution in [2.45, 2.75) is 39.3 Å². The maximum Gasteiger partial charge on any atom is 0.330 e. The van der Waals surface area contributed by atoms with Crippen molar-refractivity contribution in [2.24, 2.45) is 0 Å². The van der Waals surface area contributed by atoms with E-state index in [-0.39, 0.29) is 12.3 Å². The van der Waals surface area contributed by atoms with Crippen molar-refractivity contribution < 1.29 is 19.5 Å². The van der Waals surface area contributed by atoms with Crippen molar-refractivity contribution in [1.82, 2.24) is 10.6 Å². The van der Waals surface area contributed by atoms with Gasteiger partial charge in [-0.3, -0.25) is 9.59 Å². The number of aliphatic carboxylic acids is 1. The van der Waals surface area contributed by atoms with Crippen LogP contribution >= 0.6 is 0 Å². The van der Waals surface area contributed by atoms with Gasteiger partial charge in [-0.25, -0.2) is 4.79 Å². The van der Waals surface area contributed by atoms with E-state index in [1.54, 1.807) is 12.1 Å². The van der Waals surface area contributed by atoms with Crippen LogP contribution in [0, 0.1) is 13.8 Å². The van der Waals surface area contributed by atoms with E-state index >= 15 is 0 Å². The molecule has 2 amide bonds. The minimum Gasteiger partial charge on any atom is -0.479 e. The molecule has 142 valence electrons. The Morgan fingerprint density at radius 2 is 1.63 bits per heavy atom. The van der Waals surface area contributed by atoms with Gasteiger partial charge in [0.2, 0.25) is 11.8 Å². The van der Waals surface area contributed by atoms with Crippen LogP contribution in [-0.4, -0.2) is 22.9 Å². The Balaban J connectivity index is 2.20. The zero-order chi connectivity index (χ0) is 20.0. The van der Waals surface area contributed by atoms with Crippen LogP contribution in [0.4, 0.5) is 0 Å². The van der Waals surface area contributed by atoms with Gasteiger partial charge in [-0.15, -0.1) is 0 Å². The molecule has 6 heteroatoms. The van der Waals surface area contributed by atoms with Gasteiger partial charge in [0, 0.05) is 6.92 Å². The molecule has 2 unspecified atom stereocenters. The number of nitrogens with one attached hydrogen (secondary N) is 2. The number of carboxylic acid groups (broad SMARTS) is 1. The summed E-state index contributed by atoms with van der Waals surface area (Å²) in [6.07, 6.45) is -0.0573. The lowest BCUT2D eigenvalue weighted by Crippen LogP contribution is -2.37. The lowest BCUT2D eigenvalue weighted by atomic mass is 9.97. The molecule has 0 fully saturated rings. The Labute approximate surface area is 158 Å². The van der Waals surface area contributed by atoms with Crippen LogP contribution in [-0.2, 0) is 14.4 Å². The van der Waals surface area contributed by atoms with Crippen molar-refractivity contribution in [1.29, 1.82) is 0 Å². The Hall–Kier alpha value is -3.15. The number of rotatable bonds is 7. The first kappa shape index (κ1) is 20.2. The molecule has 0 spiro atoms. The molecule has 0 saturated carbocycles.